The lowest BCUT2D eigenvalue weighted by Crippen LogP contribution is -2.49. The van der Waals surface area contributed by atoms with Crippen LogP contribution in [0.5, 0.6) is 0 Å². The highest BCUT2D eigenvalue weighted by molar-refractivity contribution is 9.12. The highest BCUT2D eigenvalue weighted by atomic mass is 79.9. The van der Waals surface area contributed by atoms with E-state index in [9.17, 15) is 34.6 Å². The third-order valence-electron chi connectivity index (χ3n) is 6.18. The normalized spacial score (nSPS) is 23.7. The molecule has 0 radical (unpaired) electrons. The first-order valence-electron chi connectivity index (χ1n) is 10.5. The van der Waals surface area contributed by atoms with E-state index < -0.39 is 45.9 Å². The van der Waals surface area contributed by atoms with Gasteiger partial charge in [0.2, 0.25) is 0 Å². The summed E-state index contributed by atoms with van der Waals surface area (Å²) in [6, 6.07) is 10.6. The van der Waals surface area contributed by atoms with Crippen molar-refractivity contribution in [2.75, 3.05) is 0 Å². The first-order valence-corrected chi connectivity index (χ1v) is 12.4. The molecule has 1 saturated heterocycles. The van der Waals surface area contributed by atoms with Gasteiger partial charge in [0.25, 0.3) is 29.1 Å². The van der Waals surface area contributed by atoms with E-state index in [0.29, 0.717) is 12.8 Å². The maximum atomic E-state index is 13.6. The zero-order valence-electron chi connectivity index (χ0n) is 18.0. The number of fused-ring (bicyclic) bond motifs is 1. The summed E-state index contributed by atoms with van der Waals surface area (Å²) in [6.07, 6.45) is 0.734. The molecule has 0 bridgehead atoms. The summed E-state index contributed by atoms with van der Waals surface area (Å²) in [6.45, 7) is -0.453. The highest BCUT2D eigenvalue weighted by Crippen LogP contribution is 2.44. The fraction of sp³-hybridized carbons (Fsp3) is 0.318. The topological polar surface area (TPSA) is 144 Å². The van der Waals surface area contributed by atoms with Gasteiger partial charge in [-0.05, 0) is 18.9 Å². The van der Waals surface area contributed by atoms with Gasteiger partial charge in [0.15, 0.2) is 0 Å². The maximum Gasteiger partial charge on any atom is 0.274 e. The zero-order chi connectivity index (χ0) is 25.4. The second-order valence-electron chi connectivity index (χ2n) is 8.26. The first-order chi connectivity index (χ1) is 16.6. The van der Waals surface area contributed by atoms with Crippen LogP contribution in [-0.2, 0) is 16.1 Å². The molecule has 2 aromatic carbocycles. The number of alkyl halides is 2. The van der Waals surface area contributed by atoms with E-state index in [0.717, 1.165) is 16.1 Å². The summed E-state index contributed by atoms with van der Waals surface area (Å²) in [4.78, 5) is 61.8. The number of carbonyl (C=O) groups excluding carboxylic acids is 3. The first kappa shape index (κ1) is 24.9. The Morgan fingerprint density at radius 1 is 0.943 bits per heavy atom. The molecule has 35 heavy (non-hydrogen) atoms. The second-order valence-corrected chi connectivity index (χ2v) is 10.6. The van der Waals surface area contributed by atoms with Crippen LogP contribution in [0.25, 0.3) is 0 Å². The minimum Gasteiger partial charge on any atom is -0.272 e. The van der Waals surface area contributed by atoms with Crippen molar-refractivity contribution in [3.05, 3.63) is 79.9 Å². The van der Waals surface area contributed by atoms with Crippen molar-refractivity contribution >= 4 is 61.0 Å². The molecule has 1 aliphatic heterocycles. The molecule has 4 atom stereocenters. The van der Waals surface area contributed by atoms with Crippen molar-refractivity contribution in [3.63, 3.8) is 0 Å². The molecule has 1 saturated carbocycles. The molecule has 1 heterocycles. The summed E-state index contributed by atoms with van der Waals surface area (Å²) in [5.41, 5.74) is -0.672. The van der Waals surface area contributed by atoms with E-state index >= 15 is 0 Å². The Kier molecular flexibility index (Phi) is 6.99. The van der Waals surface area contributed by atoms with Crippen molar-refractivity contribution in [1.29, 1.82) is 0 Å². The van der Waals surface area contributed by atoms with Crippen molar-refractivity contribution < 1.29 is 24.2 Å². The van der Waals surface area contributed by atoms with Crippen LogP contribution in [-0.4, -0.2) is 47.2 Å². The monoisotopic (exact) mass is 608 g/mol. The number of nitro benzene ring substituents is 2. The summed E-state index contributed by atoms with van der Waals surface area (Å²) in [5.74, 6) is -3.35. The molecule has 13 heteroatoms. The van der Waals surface area contributed by atoms with Crippen LogP contribution in [0.15, 0.2) is 48.5 Å². The standard InChI is InChI=1S/C22H18Br2N4O7/c23-17-9-15-16(10-18(17)24)22(31)26(21(15)30)25(11-13-4-1-2-7-19(13)28(34)35)20(29)12-5-3-6-14(8-12)27(32)33/h1-8,15-18H,9-11H2/t15-,16-,17-,18+/m1/s1. The molecule has 11 nitrogen and oxygen atoms in total. The fourth-order valence-electron chi connectivity index (χ4n) is 4.43. The van der Waals surface area contributed by atoms with Gasteiger partial charge in [-0.25, -0.2) is 5.01 Å². The van der Waals surface area contributed by atoms with Crippen LogP contribution in [0.2, 0.25) is 0 Å². The van der Waals surface area contributed by atoms with Crippen LogP contribution >= 0.6 is 31.9 Å². The van der Waals surface area contributed by atoms with E-state index in [1.165, 1.54) is 42.5 Å². The van der Waals surface area contributed by atoms with E-state index in [1.807, 2.05) is 0 Å². The number of carbonyl (C=O) groups is 3. The minimum atomic E-state index is -0.863. The number of imide groups is 1. The van der Waals surface area contributed by atoms with Gasteiger partial charge >= 0.3 is 0 Å². The largest absolute Gasteiger partial charge is 0.274 e. The van der Waals surface area contributed by atoms with Crippen LogP contribution in [0.4, 0.5) is 11.4 Å². The fourth-order valence-corrected chi connectivity index (χ4v) is 5.67. The molecule has 3 amide bonds. The number of rotatable bonds is 6. The molecule has 0 spiro atoms. The third-order valence-corrected chi connectivity index (χ3v) is 8.91. The average molecular weight is 610 g/mol. The van der Waals surface area contributed by atoms with Crippen LogP contribution in [0.1, 0.15) is 28.8 Å². The lowest BCUT2D eigenvalue weighted by molar-refractivity contribution is -0.385. The molecular formula is C22H18Br2N4O7. The molecule has 0 N–H and O–H groups in total. The Morgan fingerprint density at radius 2 is 1.54 bits per heavy atom. The molecular weight excluding hydrogens is 592 g/mol. The predicted molar refractivity (Wildman–Crippen MR) is 130 cm³/mol. The Hall–Kier alpha value is -3.19. The number of halogens is 2. The van der Waals surface area contributed by atoms with Crippen molar-refractivity contribution in [2.45, 2.75) is 29.0 Å². The number of non-ortho nitro benzene ring substituents is 1. The lowest BCUT2D eigenvalue weighted by atomic mass is 9.81. The van der Waals surface area contributed by atoms with E-state index in [-0.39, 0.29) is 32.2 Å². The minimum absolute atomic E-state index is 0.0587. The molecule has 4 rings (SSSR count). The van der Waals surface area contributed by atoms with Crippen LogP contribution in [0.3, 0.4) is 0 Å². The van der Waals surface area contributed by atoms with Gasteiger partial charge in [-0.1, -0.05) is 56.1 Å². The Balaban J connectivity index is 1.78. The van der Waals surface area contributed by atoms with Crippen LogP contribution < -0.4 is 0 Å². The third kappa shape index (κ3) is 4.69. The maximum absolute atomic E-state index is 13.6. The number of benzene rings is 2. The highest BCUT2D eigenvalue weighted by Gasteiger charge is 2.54. The van der Waals surface area contributed by atoms with Crippen molar-refractivity contribution in [1.82, 2.24) is 10.0 Å². The number of nitrogens with zero attached hydrogens (tertiary/aromatic N) is 4. The van der Waals surface area contributed by atoms with Crippen molar-refractivity contribution in [3.8, 4) is 0 Å². The summed E-state index contributed by atoms with van der Waals surface area (Å²) in [5, 5.41) is 24.4. The Labute approximate surface area is 215 Å². The van der Waals surface area contributed by atoms with E-state index in [1.54, 1.807) is 0 Å². The van der Waals surface area contributed by atoms with Gasteiger partial charge in [0.05, 0.1) is 33.8 Å². The van der Waals surface area contributed by atoms with E-state index in [4.69, 9.17) is 0 Å². The van der Waals surface area contributed by atoms with E-state index in [2.05, 4.69) is 31.9 Å². The van der Waals surface area contributed by atoms with Gasteiger partial charge < -0.3 is 0 Å². The van der Waals surface area contributed by atoms with Gasteiger partial charge in [0.1, 0.15) is 0 Å². The summed E-state index contributed by atoms with van der Waals surface area (Å²) in [7, 11) is 0. The number of nitro groups is 2. The zero-order valence-corrected chi connectivity index (χ0v) is 21.1. The van der Waals surface area contributed by atoms with Gasteiger partial charge in [-0.2, -0.15) is 5.01 Å². The molecule has 2 aliphatic rings. The molecule has 2 fully saturated rings. The molecule has 1 aliphatic carbocycles. The molecule has 0 unspecified atom stereocenters. The quantitative estimate of drug-likeness (QED) is 0.208. The van der Waals surface area contributed by atoms with Gasteiger partial charge in [-0.15, -0.1) is 0 Å². The molecule has 182 valence electrons. The average Bonchev–Trinajstić information content (AvgIpc) is 3.06. The van der Waals surface area contributed by atoms with Gasteiger partial charge in [-0.3, -0.25) is 34.6 Å². The SMILES string of the molecule is O=C(c1cccc([N+](=O)[O-])c1)N(Cc1ccccc1[N+](=O)[O-])N1C(=O)[C@@H]2C[C@@H](Br)[C@@H](Br)C[C@H]2C1=O. The number of amides is 3. The Bertz CT molecular complexity index is 1210. The number of para-hydroxylation sites is 1. The van der Waals surface area contributed by atoms with Gasteiger partial charge in [0, 0.05) is 33.4 Å². The Morgan fingerprint density at radius 3 is 2.11 bits per heavy atom. The predicted octanol–water partition coefficient (Wildman–Crippen LogP) is 3.98. The summed E-state index contributed by atoms with van der Waals surface area (Å²) >= 11 is 7.03. The number of hydrazine groups is 1. The van der Waals surface area contributed by atoms with Crippen molar-refractivity contribution in [2.24, 2.45) is 11.8 Å². The van der Waals surface area contributed by atoms with Crippen LogP contribution in [0, 0.1) is 32.1 Å². The number of hydrogen-bond donors (Lipinski definition) is 0. The molecule has 0 aromatic heterocycles. The smallest absolute Gasteiger partial charge is 0.272 e. The second kappa shape index (κ2) is 9.82. The summed E-state index contributed by atoms with van der Waals surface area (Å²) < 4.78 is 0. The lowest BCUT2D eigenvalue weighted by Gasteiger charge is -2.30. The number of hydrogen-bond acceptors (Lipinski definition) is 7. The molecule has 2 aromatic rings.